The minimum Gasteiger partial charge on any atom is -0.541 e. The summed E-state index contributed by atoms with van der Waals surface area (Å²) < 4.78 is 18.0. The van der Waals surface area contributed by atoms with Crippen molar-refractivity contribution in [2.45, 2.75) is 79.4 Å². The zero-order valence-corrected chi connectivity index (χ0v) is 23.0. The van der Waals surface area contributed by atoms with Crippen LogP contribution in [0, 0.1) is 30.6 Å². The summed E-state index contributed by atoms with van der Waals surface area (Å²) in [6.07, 6.45) is 2.76. The van der Waals surface area contributed by atoms with Crippen molar-refractivity contribution in [3.05, 3.63) is 28.8 Å². The number of aldehydes is 1. The predicted molar refractivity (Wildman–Crippen MR) is 137 cm³/mol. The molecule has 1 aromatic carbocycles. The topological polar surface area (TPSA) is 44.8 Å². The van der Waals surface area contributed by atoms with Crippen LogP contribution >= 0.6 is 0 Å². The molecule has 1 aromatic rings. The second-order valence-corrected chi connectivity index (χ2v) is 15.2. The van der Waals surface area contributed by atoms with Crippen LogP contribution in [-0.2, 0) is 0 Å². The maximum absolute atomic E-state index is 12.3. The van der Waals surface area contributed by atoms with E-state index in [1.807, 2.05) is 6.92 Å². The van der Waals surface area contributed by atoms with E-state index in [0.717, 1.165) is 24.7 Å². The van der Waals surface area contributed by atoms with Gasteiger partial charge in [0.05, 0.1) is 25.3 Å². The molecule has 0 saturated heterocycles. The molecule has 0 radical (unpaired) electrons. The van der Waals surface area contributed by atoms with Gasteiger partial charge in [-0.2, -0.15) is 0 Å². The van der Waals surface area contributed by atoms with Gasteiger partial charge in [-0.3, -0.25) is 4.79 Å². The van der Waals surface area contributed by atoms with Gasteiger partial charge >= 0.3 is 0 Å². The van der Waals surface area contributed by atoms with E-state index in [-0.39, 0.29) is 11.0 Å². The molecule has 2 atom stereocenters. The first kappa shape index (κ1) is 27.8. The van der Waals surface area contributed by atoms with Crippen LogP contribution in [0.5, 0.6) is 17.2 Å². The van der Waals surface area contributed by atoms with Gasteiger partial charge in [0.25, 0.3) is 8.32 Å². The number of hydrogen-bond acceptors (Lipinski definition) is 4. The highest BCUT2D eigenvalue weighted by atomic mass is 28.4. The predicted octanol–water partition coefficient (Wildman–Crippen LogP) is 7.19. The Bertz CT molecular complexity index is 897. The highest BCUT2D eigenvalue weighted by Gasteiger charge is 2.41. The number of ether oxygens (including phenoxy) is 2. The lowest BCUT2D eigenvalue weighted by Gasteiger charge is -2.37. The minimum absolute atomic E-state index is 0.0359. The first-order valence-corrected chi connectivity index (χ1v) is 14.2. The fraction of sp³-hybridized carbons (Fsp3) is 0.593. The molecule has 0 aromatic heterocycles. The van der Waals surface area contributed by atoms with Crippen molar-refractivity contribution >= 4 is 14.6 Å². The lowest BCUT2D eigenvalue weighted by Crippen LogP contribution is -2.44. The molecule has 0 N–H and O–H groups in total. The van der Waals surface area contributed by atoms with Crippen molar-refractivity contribution < 1.29 is 18.7 Å². The molecular weight excluding hydrogens is 416 g/mol. The van der Waals surface area contributed by atoms with Crippen molar-refractivity contribution in [2.75, 3.05) is 14.2 Å². The normalized spacial score (nSPS) is 13.5. The second kappa shape index (κ2) is 11.1. The average Bonchev–Trinajstić information content (AvgIpc) is 2.64. The maximum atomic E-state index is 12.3. The monoisotopic (exact) mass is 458 g/mol. The van der Waals surface area contributed by atoms with Crippen LogP contribution in [0.25, 0.3) is 0 Å². The number of benzene rings is 1. The highest BCUT2D eigenvalue weighted by molar-refractivity contribution is 6.74. The minimum atomic E-state index is -2.23. The molecule has 0 amide bonds. The van der Waals surface area contributed by atoms with Gasteiger partial charge in [-0.25, -0.2) is 0 Å². The van der Waals surface area contributed by atoms with Crippen LogP contribution in [-0.4, -0.2) is 28.8 Å². The number of methoxy groups -OCH3 is 2. The molecule has 0 unspecified atom stereocenters. The smallest absolute Gasteiger partial charge is 0.250 e. The first-order valence-electron chi connectivity index (χ1n) is 11.3. The SMILES string of the molecule is C=C(C)C[C@@H](C)C[C@H](C)C#Cc1c(C=O)c(O[Si](C)(C)C(C)(C)C)c(OC)c(C)c1OC. The Labute approximate surface area is 196 Å². The Morgan fingerprint density at radius 3 is 2.12 bits per heavy atom. The van der Waals surface area contributed by atoms with Gasteiger partial charge in [-0.15, -0.1) is 6.58 Å². The Hall–Kier alpha value is -2.19. The summed E-state index contributed by atoms with van der Waals surface area (Å²) in [5.41, 5.74) is 2.92. The zero-order valence-electron chi connectivity index (χ0n) is 22.0. The third kappa shape index (κ3) is 6.65. The van der Waals surface area contributed by atoms with Crippen molar-refractivity contribution in [1.82, 2.24) is 0 Å². The third-order valence-electron chi connectivity index (χ3n) is 6.21. The number of hydrogen-bond donors (Lipinski definition) is 0. The van der Waals surface area contributed by atoms with E-state index < -0.39 is 8.32 Å². The van der Waals surface area contributed by atoms with Crippen molar-refractivity contribution in [3.8, 4) is 29.1 Å². The summed E-state index contributed by atoms with van der Waals surface area (Å²) >= 11 is 0. The average molecular weight is 459 g/mol. The van der Waals surface area contributed by atoms with E-state index in [9.17, 15) is 4.79 Å². The molecule has 0 fully saturated rings. The van der Waals surface area contributed by atoms with Crippen LogP contribution < -0.4 is 13.9 Å². The van der Waals surface area contributed by atoms with E-state index in [4.69, 9.17) is 13.9 Å². The second-order valence-electron chi connectivity index (χ2n) is 10.5. The van der Waals surface area contributed by atoms with Gasteiger partial charge in [0, 0.05) is 11.5 Å². The van der Waals surface area contributed by atoms with E-state index in [1.165, 1.54) is 5.57 Å². The van der Waals surface area contributed by atoms with Gasteiger partial charge in [0.15, 0.2) is 17.8 Å². The fourth-order valence-corrected chi connectivity index (χ4v) is 4.62. The number of carbonyl (C=O) groups excluding carboxylic acids is 1. The fourth-order valence-electron chi connectivity index (χ4n) is 3.60. The molecule has 0 heterocycles. The summed E-state index contributed by atoms with van der Waals surface area (Å²) in [6, 6.07) is 0. The maximum Gasteiger partial charge on any atom is 0.250 e. The van der Waals surface area contributed by atoms with Crippen LogP contribution in [0.2, 0.25) is 18.1 Å². The summed E-state index contributed by atoms with van der Waals surface area (Å²) in [6.45, 7) is 23.1. The molecule has 0 spiro atoms. The van der Waals surface area contributed by atoms with E-state index >= 15 is 0 Å². The van der Waals surface area contributed by atoms with Gasteiger partial charge in [-0.05, 0) is 50.7 Å². The number of carbonyl (C=O) groups is 1. The summed E-state index contributed by atoms with van der Waals surface area (Å²) in [5, 5.41) is -0.0359. The molecule has 0 aliphatic rings. The molecule has 5 heteroatoms. The molecule has 0 saturated carbocycles. The van der Waals surface area contributed by atoms with Crippen LogP contribution in [0.4, 0.5) is 0 Å². The Kier molecular flexibility index (Phi) is 9.65. The molecule has 1 rings (SSSR count). The Morgan fingerprint density at radius 2 is 1.69 bits per heavy atom. The summed E-state index contributed by atoms with van der Waals surface area (Å²) in [7, 11) is 0.947. The largest absolute Gasteiger partial charge is 0.541 e. The first-order chi connectivity index (χ1) is 14.7. The summed E-state index contributed by atoms with van der Waals surface area (Å²) in [5.74, 6) is 8.81. The van der Waals surface area contributed by atoms with Crippen LogP contribution in [0.3, 0.4) is 0 Å². The van der Waals surface area contributed by atoms with Crippen molar-refractivity contribution in [2.24, 2.45) is 11.8 Å². The van der Waals surface area contributed by atoms with Crippen molar-refractivity contribution in [1.29, 1.82) is 0 Å². The highest BCUT2D eigenvalue weighted by Crippen LogP contribution is 2.46. The van der Waals surface area contributed by atoms with Crippen LogP contribution in [0.1, 0.15) is 75.9 Å². The lowest BCUT2D eigenvalue weighted by molar-refractivity contribution is 0.112. The summed E-state index contributed by atoms with van der Waals surface area (Å²) in [4.78, 5) is 12.3. The molecule has 0 bridgehead atoms. The number of allylic oxidation sites excluding steroid dienone is 1. The molecule has 32 heavy (non-hydrogen) atoms. The molecule has 178 valence electrons. The van der Waals surface area contributed by atoms with Crippen molar-refractivity contribution in [3.63, 3.8) is 0 Å². The van der Waals surface area contributed by atoms with Crippen LogP contribution in [0.15, 0.2) is 12.2 Å². The molecule has 4 nitrogen and oxygen atoms in total. The lowest BCUT2D eigenvalue weighted by atomic mass is 9.92. The van der Waals surface area contributed by atoms with Gasteiger partial charge in [0.1, 0.15) is 5.75 Å². The Morgan fingerprint density at radius 1 is 1.12 bits per heavy atom. The van der Waals surface area contributed by atoms with Gasteiger partial charge < -0.3 is 13.9 Å². The quantitative estimate of drug-likeness (QED) is 0.170. The standard InChI is InChI=1S/C27H42O4Si/c1-18(2)15-20(4)16-19(3)13-14-22-23(17-28)26(31-32(11,12)27(6,7)8)25(30-10)21(5)24(22)29-9/h17,19-20H,1,15-16H2,2-12H3/t19-,20-/m1/s1. The molecular formula is C27H42O4Si. The van der Waals surface area contributed by atoms with E-state index in [2.05, 4.69) is 73.1 Å². The third-order valence-corrected chi connectivity index (χ3v) is 10.5. The van der Waals surface area contributed by atoms with Gasteiger partial charge in [-0.1, -0.05) is 52.0 Å². The molecule has 0 aliphatic carbocycles. The number of rotatable bonds is 9. The van der Waals surface area contributed by atoms with E-state index in [0.29, 0.717) is 34.3 Å². The molecule has 0 aliphatic heterocycles. The van der Waals surface area contributed by atoms with Gasteiger partial charge in [0.2, 0.25) is 0 Å². The Balaban J connectivity index is 3.62. The zero-order chi connectivity index (χ0) is 24.9. The van der Waals surface area contributed by atoms with E-state index in [1.54, 1.807) is 14.2 Å².